The number of aromatic nitrogens is 1. The highest BCUT2D eigenvalue weighted by Gasteiger charge is 2.28. The van der Waals surface area contributed by atoms with E-state index in [0.717, 1.165) is 43.4 Å². The minimum Gasteiger partial charge on any atom is -0.408 e. The second-order valence-electron chi connectivity index (χ2n) is 8.33. The van der Waals surface area contributed by atoms with Crippen LogP contribution in [-0.2, 0) is 27.8 Å². The van der Waals surface area contributed by atoms with Crippen molar-refractivity contribution >= 4 is 32.7 Å². The minimum absolute atomic E-state index is 0.104. The van der Waals surface area contributed by atoms with Gasteiger partial charge in [0.1, 0.15) is 6.54 Å². The average molecular weight is 456 g/mol. The Bertz CT molecular complexity index is 1330. The molecule has 1 saturated heterocycles. The van der Waals surface area contributed by atoms with Crippen LogP contribution in [0.15, 0.2) is 56.6 Å². The summed E-state index contributed by atoms with van der Waals surface area (Å²) in [7, 11) is -3.66. The number of para-hydroxylation sites is 1. The van der Waals surface area contributed by atoms with Crippen LogP contribution >= 0.6 is 0 Å². The quantitative estimate of drug-likeness (QED) is 0.603. The van der Waals surface area contributed by atoms with Crippen molar-refractivity contribution in [3.05, 3.63) is 58.6 Å². The van der Waals surface area contributed by atoms with Gasteiger partial charge in [0.25, 0.3) is 0 Å². The highest BCUT2D eigenvalue weighted by atomic mass is 32.2. The Hall–Kier alpha value is -2.91. The lowest BCUT2D eigenvalue weighted by atomic mass is 10.2. The van der Waals surface area contributed by atoms with Gasteiger partial charge in [-0.05, 0) is 43.0 Å². The third-order valence-corrected chi connectivity index (χ3v) is 8.22. The maximum absolute atomic E-state index is 13.1. The summed E-state index contributed by atoms with van der Waals surface area (Å²) in [4.78, 5) is 27.3. The van der Waals surface area contributed by atoms with Crippen LogP contribution in [0.1, 0.15) is 31.2 Å². The van der Waals surface area contributed by atoms with Crippen LogP contribution in [-0.4, -0.2) is 42.8 Å². The molecule has 0 N–H and O–H groups in total. The van der Waals surface area contributed by atoms with Gasteiger partial charge in [-0.3, -0.25) is 9.36 Å². The average Bonchev–Trinajstić information content (AvgIpc) is 3.21. The van der Waals surface area contributed by atoms with Gasteiger partial charge in [-0.25, -0.2) is 13.2 Å². The van der Waals surface area contributed by atoms with E-state index >= 15 is 0 Å². The van der Waals surface area contributed by atoms with Gasteiger partial charge in [-0.1, -0.05) is 31.0 Å². The molecule has 8 nitrogen and oxygen atoms in total. The van der Waals surface area contributed by atoms with E-state index in [1.165, 1.54) is 21.0 Å². The Labute approximate surface area is 186 Å². The van der Waals surface area contributed by atoms with Crippen molar-refractivity contribution in [3.63, 3.8) is 0 Å². The molecule has 1 fully saturated rings. The summed E-state index contributed by atoms with van der Waals surface area (Å²) in [5.74, 6) is -0.883. The van der Waals surface area contributed by atoms with Gasteiger partial charge in [0, 0.05) is 31.4 Å². The predicted molar refractivity (Wildman–Crippen MR) is 120 cm³/mol. The molecule has 1 aromatic heterocycles. The van der Waals surface area contributed by atoms with Gasteiger partial charge in [-0.2, -0.15) is 4.31 Å². The van der Waals surface area contributed by atoms with Crippen LogP contribution in [0.4, 0.5) is 5.69 Å². The van der Waals surface area contributed by atoms with E-state index in [9.17, 15) is 18.0 Å². The monoisotopic (exact) mass is 455 g/mol. The van der Waals surface area contributed by atoms with E-state index in [-0.39, 0.29) is 22.9 Å². The first-order valence-electron chi connectivity index (χ1n) is 11.0. The number of hydrogen-bond donors (Lipinski definition) is 0. The maximum Gasteiger partial charge on any atom is 0.420 e. The normalized spacial score (nSPS) is 17.4. The maximum atomic E-state index is 13.1. The third kappa shape index (κ3) is 3.65. The molecule has 9 heteroatoms. The Morgan fingerprint density at radius 2 is 1.72 bits per heavy atom. The zero-order chi connectivity index (χ0) is 22.3. The molecule has 0 saturated carbocycles. The van der Waals surface area contributed by atoms with E-state index in [0.29, 0.717) is 25.2 Å². The number of carbonyl (C=O) groups excluding carboxylic acids is 1. The molecule has 32 heavy (non-hydrogen) atoms. The molecular formula is C23H25N3O5S. The Morgan fingerprint density at radius 3 is 2.50 bits per heavy atom. The highest BCUT2D eigenvalue weighted by molar-refractivity contribution is 7.89. The van der Waals surface area contributed by atoms with Crippen molar-refractivity contribution in [1.82, 2.24) is 8.87 Å². The lowest BCUT2D eigenvalue weighted by molar-refractivity contribution is -0.119. The molecule has 0 bridgehead atoms. The Kier molecular flexibility index (Phi) is 5.38. The fourth-order valence-electron chi connectivity index (χ4n) is 4.61. The van der Waals surface area contributed by atoms with Crippen molar-refractivity contribution in [2.75, 3.05) is 24.5 Å². The number of amides is 1. The van der Waals surface area contributed by atoms with Crippen molar-refractivity contribution in [2.45, 2.75) is 43.5 Å². The van der Waals surface area contributed by atoms with Crippen molar-refractivity contribution < 1.29 is 17.6 Å². The number of benzene rings is 2. The fourth-order valence-corrected chi connectivity index (χ4v) is 6.14. The van der Waals surface area contributed by atoms with Gasteiger partial charge in [0.2, 0.25) is 15.9 Å². The Balaban J connectivity index is 1.43. The summed E-state index contributed by atoms with van der Waals surface area (Å²) in [5, 5.41) is 0. The van der Waals surface area contributed by atoms with Gasteiger partial charge in [0.15, 0.2) is 5.58 Å². The first-order chi connectivity index (χ1) is 15.4. The summed E-state index contributed by atoms with van der Waals surface area (Å²) >= 11 is 0. The molecule has 168 valence electrons. The molecular weight excluding hydrogens is 430 g/mol. The molecule has 3 aromatic rings. The van der Waals surface area contributed by atoms with Crippen LogP contribution in [0.3, 0.4) is 0 Å². The molecule has 2 aliphatic rings. The van der Waals surface area contributed by atoms with Gasteiger partial charge >= 0.3 is 5.76 Å². The van der Waals surface area contributed by atoms with Crippen molar-refractivity contribution in [2.24, 2.45) is 0 Å². The van der Waals surface area contributed by atoms with E-state index in [1.54, 1.807) is 11.0 Å². The minimum atomic E-state index is -3.66. The number of oxazole rings is 1. The zero-order valence-electron chi connectivity index (χ0n) is 17.7. The second kappa shape index (κ2) is 8.22. The molecule has 1 amide bonds. The van der Waals surface area contributed by atoms with Crippen LogP contribution in [0.2, 0.25) is 0 Å². The number of fused-ring (bicyclic) bond motifs is 2. The molecule has 5 rings (SSSR count). The molecule has 2 aliphatic heterocycles. The molecule has 0 aliphatic carbocycles. The number of sulfonamides is 1. The van der Waals surface area contributed by atoms with Crippen LogP contribution in [0.25, 0.3) is 11.1 Å². The number of anilines is 1. The molecule has 3 heterocycles. The lowest BCUT2D eigenvalue weighted by Gasteiger charge is -2.19. The largest absolute Gasteiger partial charge is 0.420 e. The Morgan fingerprint density at radius 1 is 0.969 bits per heavy atom. The SMILES string of the molecule is O=C(Cn1c(=O)oc2cc(S(=O)(=O)N3CCCCCC3)ccc21)N1CCc2ccccc21. The second-order valence-corrected chi connectivity index (χ2v) is 10.3. The van der Waals surface area contributed by atoms with Crippen molar-refractivity contribution in [3.8, 4) is 0 Å². The fraction of sp³-hybridized carbons (Fsp3) is 0.391. The summed E-state index contributed by atoms with van der Waals surface area (Å²) in [5.41, 5.74) is 2.55. The zero-order valence-corrected chi connectivity index (χ0v) is 18.5. The van der Waals surface area contributed by atoms with E-state index in [2.05, 4.69) is 0 Å². The third-order valence-electron chi connectivity index (χ3n) is 6.32. The summed E-state index contributed by atoms with van der Waals surface area (Å²) < 4.78 is 34.3. The number of nitrogens with zero attached hydrogens (tertiary/aromatic N) is 3. The number of hydrogen-bond acceptors (Lipinski definition) is 5. The van der Waals surface area contributed by atoms with E-state index < -0.39 is 15.8 Å². The van der Waals surface area contributed by atoms with Crippen molar-refractivity contribution in [1.29, 1.82) is 0 Å². The standard InChI is InChI=1S/C23H25N3O5S/c27-22(25-14-11-17-7-3-4-8-19(17)25)16-26-20-10-9-18(15-21(20)31-23(26)28)32(29,30)24-12-5-1-2-6-13-24/h3-4,7-10,15H,1-2,5-6,11-14,16H2. The molecule has 0 atom stereocenters. The highest BCUT2D eigenvalue weighted by Crippen LogP contribution is 2.28. The summed E-state index contributed by atoms with van der Waals surface area (Å²) in [6.45, 7) is 1.40. The molecule has 2 aromatic carbocycles. The number of carbonyl (C=O) groups is 1. The van der Waals surface area contributed by atoms with Gasteiger partial charge in [-0.15, -0.1) is 0 Å². The molecule has 0 spiro atoms. The summed E-state index contributed by atoms with van der Waals surface area (Å²) in [6.07, 6.45) is 4.51. The lowest BCUT2D eigenvalue weighted by Crippen LogP contribution is -2.34. The van der Waals surface area contributed by atoms with Crippen LogP contribution < -0.4 is 10.7 Å². The molecule has 0 unspecified atom stereocenters. The van der Waals surface area contributed by atoms with Gasteiger partial charge in [0.05, 0.1) is 10.4 Å². The topological polar surface area (TPSA) is 92.8 Å². The first kappa shape index (κ1) is 21.0. The molecule has 0 radical (unpaired) electrons. The number of rotatable bonds is 4. The smallest absolute Gasteiger partial charge is 0.408 e. The van der Waals surface area contributed by atoms with E-state index in [4.69, 9.17) is 4.42 Å². The van der Waals surface area contributed by atoms with Crippen LogP contribution in [0.5, 0.6) is 0 Å². The van der Waals surface area contributed by atoms with Gasteiger partial charge < -0.3 is 9.32 Å². The first-order valence-corrected chi connectivity index (χ1v) is 12.4. The predicted octanol–water partition coefficient (Wildman–Crippen LogP) is 2.75. The van der Waals surface area contributed by atoms with E-state index in [1.807, 2.05) is 24.3 Å². The summed E-state index contributed by atoms with van der Waals surface area (Å²) in [6, 6.07) is 12.2. The van der Waals surface area contributed by atoms with Crippen LogP contribution in [0, 0.1) is 0 Å².